The number of hydrogen-bond donors (Lipinski definition) is 1. The van der Waals surface area contributed by atoms with Gasteiger partial charge in [-0.05, 0) is 25.8 Å². The number of likely N-dealkylation sites (tertiary alicyclic amines) is 1. The van der Waals surface area contributed by atoms with Crippen molar-refractivity contribution >= 4 is 23.6 Å². The zero-order valence-corrected chi connectivity index (χ0v) is 14.8. The zero-order chi connectivity index (χ0) is 19.3. The Morgan fingerprint density at radius 3 is 2.62 bits per heavy atom. The van der Waals surface area contributed by atoms with E-state index in [-0.39, 0.29) is 28.9 Å². The van der Waals surface area contributed by atoms with Crippen LogP contribution in [-0.4, -0.2) is 47.1 Å². The molecule has 1 aliphatic heterocycles. The molecule has 1 aromatic heterocycles. The van der Waals surface area contributed by atoms with Gasteiger partial charge in [0.05, 0.1) is 23.4 Å². The SMILES string of the molecule is Cc1cc(C(F)(F)F)c(C#N)c(SCC(=O)NCC(=O)N2CCCC2)n1. The second-order valence-electron chi connectivity index (χ2n) is 5.75. The van der Waals surface area contributed by atoms with Gasteiger partial charge in [-0.25, -0.2) is 4.98 Å². The van der Waals surface area contributed by atoms with E-state index in [0.29, 0.717) is 13.1 Å². The fourth-order valence-electron chi connectivity index (χ4n) is 2.52. The molecule has 10 heteroatoms. The summed E-state index contributed by atoms with van der Waals surface area (Å²) in [5.41, 5.74) is -1.57. The van der Waals surface area contributed by atoms with Crippen molar-refractivity contribution in [2.24, 2.45) is 0 Å². The summed E-state index contributed by atoms with van der Waals surface area (Å²) in [7, 11) is 0. The van der Waals surface area contributed by atoms with Gasteiger partial charge in [0.15, 0.2) is 0 Å². The van der Waals surface area contributed by atoms with Gasteiger partial charge in [-0.3, -0.25) is 9.59 Å². The molecule has 0 atom stereocenters. The lowest BCUT2D eigenvalue weighted by molar-refractivity contribution is -0.138. The molecule has 1 aromatic rings. The molecule has 2 rings (SSSR count). The average Bonchev–Trinajstić information content (AvgIpc) is 3.11. The van der Waals surface area contributed by atoms with Gasteiger partial charge in [0.25, 0.3) is 0 Å². The van der Waals surface area contributed by atoms with E-state index in [4.69, 9.17) is 5.26 Å². The number of alkyl halides is 3. The minimum absolute atomic E-state index is 0.100. The Hall–Kier alpha value is -2.28. The summed E-state index contributed by atoms with van der Waals surface area (Å²) in [6, 6.07) is 2.32. The number of amides is 2. The number of rotatable bonds is 5. The summed E-state index contributed by atoms with van der Waals surface area (Å²) in [5, 5.41) is 11.4. The topological polar surface area (TPSA) is 86.1 Å². The lowest BCUT2D eigenvalue weighted by atomic mass is 10.1. The lowest BCUT2D eigenvalue weighted by Crippen LogP contribution is -2.39. The maximum absolute atomic E-state index is 13.0. The number of nitrogens with zero attached hydrogens (tertiary/aromatic N) is 3. The number of nitriles is 1. The van der Waals surface area contributed by atoms with Gasteiger partial charge in [-0.15, -0.1) is 0 Å². The number of hydrogen-bond acceptors (Lipinski definition) is 5. The first-order valence-corrected chi connectivity index (χ1v) is 8.87. The van der Waals surface area contributed by atoms with Crippen molar-refractivity contribution < 1.29 is 22.8 Å². The quantitative estimate of drug-likeness (QED) is 0.784. The maximum Gasteiger partial charge on any atom is 0.417 e. The van der Waals surface area contributed by atoms with Gasteiger partial charge < -0.3 is 10.2 Å². The average molecular weight is 386 g/mol. The van der Waals surface area contributed by atoms with Crippen LogP contribution in [0.3, 0.4) is 0 Å². The van der Waals surface area contributed by atoms with Crippen molar-refractivity contribution in [1.82, 2.24) is 15.2 Å². The first-order valence-electron chi connectivity index (χ1n) is 7.88. The molecule has 140 valence electrons. The molecule has 2 amide bonds. The molecule has 0 aliphatic carbocycles. The summed E-state index contributed by atoms with van der Waals surface area (Å²) in [6.45, 7) is 2.57. The highest BCUT2D eigenvalue weighted by atomic mass is 32.2. The van der Waals surface area contributed by atoms with E-state index in [1.54, 1.807) is 4.90 Å². The molecule has 1 saturated heterocycles. The fourth-order valence-corrected chi connectivity index (χ4v) is 3.40. The second kappa shape index (κ2) is 8.40. The molecule has 2 heterocycles. The molecular weight excluding hydrogens is 369 g/mol. The second-order valence-corrected chi connectivity index (χ2v) is 6.72. The smallest absolute Gasteiger partial charge is 0.346 e. The normalized spacial score (nSPS) is 14.2. The van der Waals surface area contributed by atoms with Crippen LogP contribution in [-0.2, 0) is 15.8 Å². The van der Waals surface area contributed by atoms with Crippen LogP contribution < -0.4 is 5.32 Å². The highest BCUT2D eigenvalue weighted by molar-refractivity contribution is 8.00. The van der Waals surface area contributed by atoms with Gasteiger partial charge in [0, 0.05) is 18.8 Å². The standard InChI is InChI=1S/C16H17F3N4O2S/c1-10-6-12(16(17,18)19)11(7-20)15(22-10)26-9-13(24)21-8-14(25)23-4-2-3-5-23/h6H,2-5,8-9H2,1H3,(H,21,24). The molecule has 1 fully saturated rings. The molecule has 0 bridgehead atoms. The van der Waals surface area contributed by atoms with Gasteiger partial charge in [-0.1, -0.05) is 11.8 Å². The van der Waals surface area contributed by atoms with Crippen molar-refractivity contribution in [3.8, 4) is 6.07 Å². The van der Waals surface area contributed by atoms with Gasteiger partial charge >= 0.3 is 6.18 Å². The number of thioether (sulfide) groups is 1. The van der Waals surface area contributed by atoms with Crippen molar-refractivity contribution in [3.63, 3.8) is 0 Å². The number of aromatic nitrogens is 1. The summed E-state index contributed by atoms with van der Waals surface area (Å²) < 4.78 is 39.1. The highest BCUT2D eigenvalue weighted by Gasteiger charge is 2.35. The highest BCUT2D eigenvalue weighted by Crippen LogP contribution is 2.35. The summed E-state index contributed by atoms with van der Waals surface area (Å²) in [4.78, 5) is 29.3. The molecule has 1 N–H and O–H groups in total. The third-order valence-corrected chi connectivity index (χ3v) is 4.74. The third kappa shape index (κ3) is 5.11. The Morgan fingerprint density at radius 1 is 1.38 bits per heavy atom. The molecule has 26 heavy (non-hydrogen) atoms. The Bertz CT molecular complexity index is 740. The molecule has 0 radical (unpaired) electrons. The number of halogens is 3. The van der Waals surface area contributed by atoms with E-state index in [2.05, 4.69) is 10.3 Å². The minimum Gasteiger partial charge on any atom is -0.346 e. The number of carbonyl (C=O) groups excluding carboxylic acids is 2. The molecule has 1 aliphatic rings. The van der Waals surface area contributed by atoms with Crippen LogP contribution in [0, 0.1) is 18.3 Å². The molecule has 0 aromatic carbocycles. The number of aryl methyl sites for hydroxylation is 1. The maximum atomic E-state index is 13.0. The molecule has 6 nitrogen and oxygen atoms in total. The van der Waals surface area contributed by atoms with E-state index in [0.717, 1.165) is 30.7 Å². The lowest BCUT2D eigenvalue weighted by Gasteiger charge is -2.15. The Balaban J connectivity index is 1.98. The molecule has 0 saturated carbocycles. The van der Waals surface area contributed by atoms with Crippen molar-refractivity contribution in [2.75, 3.05) is 25.4 Å². The number of carbonyl (C=O) groups is 2. The molecular formula is C16H17F3N4O2S. The minimum atomic E-state index is -4.68. The van der Waals surface area contributed by atoms with Crippen LogP contribution in [0.25, 0.3) is 0 Å². The van der Waals surface area contributed by atoms with Gasteiger partial charge in [0.1, 0.15) is 11.1 Å². The summed E-state index contributed by atoms with van der Waals surface area (Å²) in [6.07, 6.45) is -2.81. The van der Waals surface area contributed by atoms with Crippen LogP contribution in [0.5, 0.6) is 0 Å². The van der Waals surface area contributed by atoms with Crippen LogP contribution in [0.4, 0.5) is 13.2 Å². The van der Waals surface area contributed by atoms with E-state index < -0.39 is 23.2 Å². The van der Waals surface area contributed by atoms with E-state index in [1.807, 2.05) is 0 Å². The zero-order valence-electron chi connectivity index (χ0n) is 14.0. The van der Waals surface area contributed by atoms with E-state index >= 15 is 0 Å². The predicted octanol–water partition coefficient (Wildman–Crippen LogP) is 2.11. The van der Waals surface area contributed by atoms with Crippen LogP contribution in [0.15, 0.2) is 11.1 Å². The largest absolute Gasteiger partial charge is 0.417 e. The Morgan fingerprint density at radius 2 is 2.04 bits per heavy atom. The Kier molecular flexibility index (Phi) is 6.47. The summed E-state index contributed by atoms with van der Waals surface area (Å²) >= 11 is 0.738. The fraction of sp³-hybridized carbons (Fsp3) is 0.500. The number of nitrogens with one attached hydrogen (secondary N) is 1. The van der Waals surface area contributed by atoms with Gasteiger partial charge in [0.2, 0.25) is 11.8 Å². The van der Waals surface area contributed by atoms with Crippen molar-refractivity contribution in [2.45, 2.75) is 31.0 Å². The van der Waals surface area contributed by atoms with Gasteiger partial charge in [-0.2, -0.15) is 18.4 Å². The Labute approximate surface area is 152 Å². The third-order valence-electron chi connectivity index (χ3n) is 3.77. The predicted molar refractivity (Wildman–Crippen MR) is 88.2 cm³/mol. The van der Waals surface area contributed by atoms with E-state index in [9.17, 15) is 22.8 Å². The van der Waals surface area contributed by atoms with Crippen LogP contribution >= 0.6 is 11.8 Å². The monoisotopic (exact) mass is 386 g/mol. The molecule has 0 spiro atoms. The van der Waals surface area contributed by atoms with Crippen LogP contribution in [0.1, 0.15) is 29.7 Å². The van der Waals surface area contributed by atoms with Crippen LogP contribution in [0.2, 0.25) is 0 Å². The van der Waals surface area contributed by atoms with Crippen molar-refractivity contribution in [3.05, 3.63) is 22.9 Å². The van der Waals surface area contributed by atoms with E-state index in [1.165, 1.54) is 13.0 Å². The molecule has 0 unspecified atom stereocenters. The number of pyridine rings is 1. The first-order chi connectivity index (χ1) is 12.2. The first kappa shape index (κ1) is 20.0. The van der Waals surface area contributed by atoms with Crippen molar-refractivity contribution in [1.29, 1.82) is 5.26 Å². The summed E-state index contributed by atoms with van der Waals surface area (Å²) in [5.74, 6) is -0.940.